The fraction of sp³-hybridized carbons (Fsp3) is 0.350. The Morgan fingerprint density at radius 3 is 2.88 bits per heavy atom. The summed E-state index contributed by atoms with van der Waals surface area (Å²) in [5, 5.41) is 10.3. The van der Waals surface area contributed by atoms with Gasteiger partial charge in [-0.15, -0.1) is 0 Å². The first-order valence-electron chi connectivity index (χ1n) is 8.67. The standard InChI is InChI=1S/C20H19NO5/c1-21-6-5-10-7-15(24-2)13(22)8-12(10)16-18(21)11-3-4-14-20(26-9-25-14)17(11)19(16)23/h3-4,7-8,16,18,22H,5-6,9H2,1-2H3. The summed E-state index contributed by atoms with van der Waals surface area (Å²) in [5.74, 6) is 1.31. The molecule has 2 aliphatic heterocycles. The molecule has 0 amide bonds. The second-order valence-corrected chi connectivity index (χ2v) is 7.00. The second kappa shape index (κ2) is 5.38. The molecule has 0 bridgehead atoms. The fourth-order valence-electron chi connectivity index (χ4n) is 4.50. The highest BCUT2D eigenvalue weighted by molar-refractivity contribution is 6.09. The summed E-state index contributed by atoms with van der Waals surface area (Å²) >= 11 is 0. The lowest BCUT2D eigenvalue weighted by molar-refractivity contribution is 0.0929. The van der Waals surface area contributed by atoms with Crippen LogP contribution in [0, 0.1) is 0 Å². The average Bonchev–Trinajstić information content (AvgIpc) is 3.18. The number of aromatic hydroxyl groups is 1. The maximum atomic E-state index is 13.4. The van der Waals surface area contributed by atoms with E-state index in [0.29, 0.717) is 22.8 Å². The van der Waals surface area contributed by atoms with E-state index in [1.807, 2.05) is 25.2 Å². The van der Waals surface area contributed by atoms with Crippen LogP contribution < -0.4 is 14.2 Å². The lowest BCUT2D eigenvalue weighted by Crippen LogP contribution is -2.27. The predicted octanol–water partition coefficient (Wildman–Crippen LogP) is 2.64. The minimum absolute atomic E-state index is 0.0203. The number of Topliss-reactive ketones (excluding diaryl/α,β-unsaturated/α-hetero) is 1. The topological polar surface area (TPSA) is 68.2 Å². The van der Waals surface area contributed by atoms with Crippen molar-refractivity contribution in [2.45, 2.75) is 18.4 Å². The summed E-state index contributed by atoms with van der Waals surface area (Å²) in [6.45, 7) is 0.946. The molecule has 3 aliphatic rings. The number of fused-ring (bicyclic) bond motifs is 7. The zero-order valence-electron chi connectivity index (χ0n) is 14.6. The van der Waals surface area contributed by atoms with Gasteiger partial charge in [0, 0.05) is 12.6 Å². The Morgan fingerprint density at radius 1 is 1.23 bits per heavy atom. The molecule has 0 saturated heterocycles. The number of rotatable bonds is 1. The monoisotopic (exact) mass is 353 g/mol. The molecule has 2 unspecified atom stereocenters. The smallest absolute Gasteiger partial charge is 0.231 e. The van der Waals surface area contributed by atoms with Crippen LogP contribution in [0.15, 0.2) is 24.3 Å². The van der Waals surface area contributed by atoms with E-state index in [1.54, 1.807) is 6.07 Å². The molecular formula is C20H19NO5. The quantitative estimate of drug-likeness (QED) is 0.850. The molecule has 0 saturated carbocycles. The highest BCUT2D eigenvalue weighted by Gasteiger charge is 2.47. The van der Waals surface area contributed by atoms with Crippen molar-refractivity contribution in [3.63, 3.8) is 0 Å². The molecule has 2 aromatic rings. The SMILES string of the molecule is COc1cc2c(cc1O)C1C(=O)c3c(ccc4c3OCO4)C1N(C)CC2. The summed E-state index contributed by atoms with van der Waals surface area (Å²) in [4.78, 5) is 15.7. The van der Waals surface area contributed by atoms with Crippen LogP contribution in [-0.2, 0) is 6.42 Å². The first-order chi connectivity index (χ1) is 12.6. The second-order valence-electron chi connectivity index (χ2n) is 7.00. The third-order valence-corrected chi connectivity index (χ3v) is 5.72. The van der Waals surface area contributed by atoms with Crippen LogP contribution in [0.2, 0.25) is 0 Å². The predicted molar refractivity (Wildman–Crippen MR) is 93.4 cm³/mol. The number of phenolic OH excluding ortho intramolecular Hbond substituents is 1. The van der Waals surface area contributed by atoms with Crippen LogP contribution in [0.5, 0.6) is 23.0 Å². The Balaban J connectivity index is 1.73. The van der Waals surface area contributed by atoms with Crippen molar-refractivity contribution in [1.29, 1.82) is 0 Å². The van der Waals surface area contributed by atoms with Gasteiger partial charge in [-0.3, -0.25) is 9.69 Å². The van der Waals surface area contributed by atoms with Gasteiger partial charge in [0.2, 0.25) is 6.79 Å². The minimum Gasteiger partial charge on any atom is -0.504 e. The number of benzene rings is 2. The number of phenols is 1. The molecule has 134 valence electrons. The van der Waals surface area contributed by atoms with E-state index in [0.717, 1.165) is 29.7 Å². The lowest BCUT2D eigenvalue weighted by Gasteiger charge is -2.27. The molecule has 2 atom stereocenters. The van der Waals surface area contributed by atoms with Crippen LogP contribution in [0.4, 0.5) is 0 Å². The highest BCUT2D eigenvalue weighted by Crippen LogP contribution is 2.54. The van der Waals surface area contributed by atoms with E-state index in [4.69, 9.17) is 14.2 Å². The van der Waals surface area contributed by atoms with Crippen molar-refractivity contribution in [2.24, 2.45) is 0 Å². The molecule has 6 heteroatoms. The van der Waals surface area contributed by atoms with Crippen LogP contribution >= 0.6 is 0 Å². The van der Waals surface area contributed by atoms with E-state index < -0.39 is 0 Å². The maximum absolute atomic E-state index is 13.4. The van der Waals surface area contributed by atoms with E-state index >= 15 is 0 Å². The number of methoxy groups -OCH3 is 1. The number of hydrogen-bond acceptors (Lipinski definition) is 6. The number of carbonyl (C=O) groups excluding carboxylic acids is 1. The van der Waals surface area contributed by atoms with E-state index in [2.05, 4.69) is 4.90 Å². The molecule has 0 spiro atoms. The number of likely N-dealkylation sites (N-methyl/N-ethyl adjacent to an activating group) is 1. The summed E-state index contributed by atoms with van der Waals surface area (Å²) in [5.41, 5.74) is 3.49. The zero-order valence-corrected chi connectivity index (χ0v) is 14.6. The minimum atomic E-state index is -0.375. The molecule has 1 N–H and O–H groups in total. The van der Waals surface area contributed by atoms with E-state index in [9.17, 15) is 9.90 Å². The van der Waals surface area contributed by atoms with Gasteiger partial charge < -0.3 is 19.3 Å². The van der Waals surface area contributed by atoms with Gasteiger partial charge in [-0.1, -0.05) is 6.07 Å². The van der Waals surface area contributed by atoms with Gasteiger partial charge in [0.05, 0.1) is 18.6 Å². The summed E-state index contributed by atoms with van der Waals surface area (Å²) in [6.07, 6.45) is 0.794. The van der Waals surface area contributed by atoms with Crippen molar-refractivity contribution >= 4 is 5.78 Å². The molecule has 0 radical (unpaired) electrons. The Kier molecular flexibility index (Phi) is 3.21. The molecule has 2 aromatic carbocycles. The van der Waals surface area contributed by atoms with Crippen LogP contribution in [0.1, 0.15) is 39.0 Å². The van der Waals surface area contributed by atoms with Crippen LogP contribution in [0.25, 0.3) is 0 Å². The largest absolute Gasteiger partial charge is 0.504 e. The molecule has 6 nitrogen and oxygen atoms in total. The Bertz CT molecular complexity index is 938. The summed E-state index contributed by atoms with van der Waals surface area (Å²) in [7, 11) is 3.57. The average molecular weight is 353 g/mol. The number of nitrogens with zero attached hydrogens (tertiary/aromatic N) is 1. The third-order valence-electron chi connectivity index (χ3n) is 5.72. The van der Waals surface area contributed by atoms with Crippen molar-refractivity contribution in [3.05, 3.63) is 46.5 Å². The van der Waals surface area contributed by atoms with Crippen molar-refractivity contribution in [3.8, 4) is 23.0 Å². The number of ketones is 1. The molecule has 0 fully saturated rings. The molecule has 1 aliphatic carbocycles. The summed E-state index contributed by atoms with van der Waals surface area (Å²) in [6, 6.07) is 7.30. The third kappa shape index (κ3) is 1.93. The van der Waals surface area contributed by atoms with E-state index in [-0.39, 0.29) is 30.3 Å². The Morgan fingerprint density at radius 2 is 2.08 bits per heavy atom. The number of ether oxygens (including phenoxy) is 3. The normalized spacial score (nSPS) is 23.2. The van der Waals surface area contributed by atoms with Gasteiger partial charge in [0.1, 0.15) is 0 Å². The maximum Gasteiger partial charge on any atom is 0.231 e. The Labute approximate surface area is 150 Å². The molecule has 0 aromatic heterocycles. The van der Waals surface area contributed by atoms with E-state index in [1.165, 1.54) is 7.11 Å². The first-order valence-corrected chi connectivity index (χ1v) is 8.67. The van der Waals surface area contributed by atoms with Gasteiger partial charge in [-0.25, -0.2) is 0 Å². The molecule has 26 heavy (non-hydrogen) atoms. The molecule has 5 rings (SSSR count). The zero-order chi connectivity index (χ0) is 18.0. The van der Waals surface area contributed by atoms with Crippen molar-refractivity contribution in [2.75, 3.05) is 27.5 Å². The van der Waals surface area contributed by atoms with Gasteiger partial charge in [0.25, 0.3) is 0 Å². The highest BCUT2D eigenvalue weighted by atomic mass is 16.7. The van der Waals surface area contributed by atoms with Crippen molar-refractivity contribution in [1.82, 2.24) is 4.90 Å². The van der Waals surface area contributed by atoms with Gasteiger partial charge in [-0.2, -0.15) is 0 Å². The van der Waals surface area contributed by atoms with Gasteiger partial charge in [-0.05, 0) is 48.4 Å². The summed E-state index contributed by atoms with van der Waals surface area (Å²) < 4.78 is 16.3. The van der Waals surface area contributed by atoms with Gasteiger partial charge in [0.15, 0.2) is 28.8 Å². The lowest BCUT2D eigenvalue weighted by atomic mass is 9.88. The van der Waals surface area contributed by atoms with Crippen LogP contribution in [0.3, 0.4) is 0 Å². The van der Waals surface area contributed by atoms with Gasteiger partial charge >= 0.3 is 0 Å². The van der Waals surface area contributed by atoms with Crippen molar-refractivity contribution < 1.29 is 24.1 Å². The molecule has 2 heterocycles. The fourth-order valence-corrected chi connectivity index (χ4v) is 4.50. The Hall–Kier alpha value is -2.73. The first kappa shape index (κ1) is 15.5. The number of hydrogen-bond donors (Lipinski definition) is 1. The number of carbonyl (C=O) groups is 1. The molecular weight excluding hydrogens is 334 g/mol. The van der Waals surface area contributed by atoms with Crippen LogP contribution in [-0.4, -0.2) is 43.3 Å².